The molecular weight excluding hydrogens is 386 g/mol. The van der Waals surface area contributed by atoms with Gasteiger partial charge in [0.15, 0.2) is 0 Å². The van der Waals surface area contributed by atoms with Crippen LogP contribution in [-0.4, -0.2) is 53.0 Å². The van der Waals surface area contributed by atoms with Crippen LogP contribution < -0.4 is 10.2 Å². The summed E-state index contributed by atoms with van der Waals surface area (Å²) in [6, 6.07) is 16.6. The number of piperidine rings is 1. The summed E-state index contributed by atoms with van der Waals surface area (Å²) in [4.78, 5) is 26.7. The minimum Gasteiger partial charge on any atom is -0.356 e. The fraction of sp³-hybridized carbons (Fsp3) is 0.400. The number of benzene rings is 2. The van der Waals surface area contributed by atoms with E-state index < -0.39 is 0 Å². The van der Waals surface area contributed by atoms with Crippen molar-refractivity contribution in [3.05, 3.63) is 66.0 Å². The molecule has 1 N–H and O–H groups in total. The first-order chi connectivity index (χ1) is 15.3. The van der Waals surface area contributed by atoms with E-state index in [2.05, 4.69) is 55.4 Å². The van der Waals surface area contributed by atoms with Gasteiger partial charge in [-0.2, -0.15) is 0 Å². The van der Waals surface area contributed by atoms with Crippen molar-refractivity contribution in [1.29, 1.82) is 0 Å². The number of fused-ring (bicyclic) bond motifs is 1. The topological polar surface area (TPSA) is 61.4 Å². The molecule has 3 heterocycles. The molecule has 2 aliphatic rings. The summed E-state index contributed by atoms with van der Waals surface area (Å²) in [5.41, 5.74) is 2.93. The lowest BCUT2D eigenvalue weighted by Gasteiger charge is -2.32. The third kappa shape index (κ3) is 4.54. The van der Waals surface area contributed by atoms with Gasteiger partial charge in [-0.25, -0.2) is 9.97 Å². The van der Waals surface area contributed by atoms with Crippen molar-refractivity contribution in [2.24, 2.45) is 0 Å². The van der Waals surface area contributed by atoms with Gasteiger partial charge in [0.2, 0.25) is 0 Å². The lowest BCUT2D eigenvalue weighted by molar-refractivity contribution is 0.0909. The molecule has 0 bridgehead atoms. The SMILES string of the molecule is O=C(NC1CCN(Cc2ccccc2)CC1)c1ccc2ncnc(N3CCCC3)c2c1. The Morgan fingerprint density at radius 3 is 2.52 bits per heavy atom. The first kappa shape index (κ1) is 19.9. The van der Waals surface area contributed by atoms with Crippen LogP contribution in [0.4, 0.5) is 5.82 Å². The van der Waals surface area contributed by atoms with Crippen molar-refractivity contribution < 1.29 is 4.79 Å². The van der Waals surface area contributed by atoms with Gasteiger partial charge in [0, 0.05) is 49.7 Å². The summed E-state index contributed by atoms with van der Waals surface area (Å²) in [6.45, 7) is 5.02. The Bertz CT molecular complexity index is 1040. The Hall–Kier alpha value is -2.99. The largest absolute Gasteiger partial charge is 0.356 e. The number of carbonyl (C=O) groups excluding carboxylic acids is 1. The molecule has 0 aliphatic carbocycles. The highest BCUT2D eigenvalue weighted by atomic mass is 16.1. The minimum atomic E-state index is -0.000339. The summed E-state index contributed by atoms with van der Waals surface area (Å²) >= 11 is 0. The normalized spacial score (nSPS) is 17.9. The van der Waals surface area contributed by atoms with Crippen LogP contribution in [-0.2, 0) is 6.54 Å². The molecule has 5 rings (SSSR count). The summed E-state index contributed by atoms with van der Waals surface area (Å²) in [5, 5.41) is 4.22. The van der Waals surface area contributed by atoms with Gasteiger partial charge >= 0.3 is 0 Å². The van der Waals surface area contributed by atoms with Crippen LogP contribution in [0, 0.1) is 0 Å². The van der Waals surface area contributed by atoms with E-state index in [1.807, 2.05) is 18.2 Å². The molecule has 2 aromatic carbocycles. The molecule has 160 valence electrons. The van der Waals surface area contributed by atoms with Gasteiger partial charge in [-0.05, 0) is 49.4 Å². The van der Waals surface area contributed by atoms with E-state index in [4.69, 9.17) is 0 Å². The molecule has 0 spiro atoms. The molecule has 0 radical (unpaired) electrons. The number of aromatic nitrogens is 2. The second-order valence-corrected chi connectivity index (χ2v) is 8.63. The van der Waals surface area contributed by atoms with E-state index in [0.717, 1.165) is 62.3 Å². The number of likely N-dealkylation sites (tertiary alicyclic amines) is 1. The van der Waals surface area contributed by atoms with Crippen molar-refractivity contribution in [3.8, 4) is 0 Å². The molecule has 0 saturated carbocycles. The second kappa shape index (κ2) is 9.02. The van der Waals surface area contributed by atoms with Crippen molar-refractivity contribution in [2.45, 2.75) is 38.3 Å². The van der Waals surface area contributed by atoms with Crippen LogP contribution in [0.1, 0.15) is 41.6 Å². The van der Waals surface area contributed by atoms with Gasteiger partial charge in [0.25, 0.3) is 5.91 Å². The number of rotatable bonds is 5. The zero-order valence-corrected chi connectivity index (χ0v) is 17.8. The number of nitrogens with zero attached hydrogens (tertiary/aromatic N) is 4. The number of nitrogens with one attached hydrogen (secondary N) is 1. The maximum atomic E-state index is 13.0. The molecule has 2 fully saturated rings. The van der Waals surface area contributed by atoms with Crippen molar-refractivity contribution in [1.82, 2.24) is 20.2 Å². The highest BCUT2D eigenvalue weighted by molar-refractivity contribution is 6.00. The van der Waals surface area contributed by atoms with Gasteiger partial charge < -0.3 is 10.2 Å². The Morgan fingerprint density at radius 2 is 1.74 bits per heavy atom. The molecule has 2 aliphatic heterocycles. The molecule has 1 aromatic heterocycles. The maximum Gasteiger partial charge on any atom is 0.251 e. The van der Waals surface area contributed by atoms with E-state index in [1.165, 1.54) is 18.4 Å². The molecule has 6 heteroatoms. The summed E-state index contributed by atoms with van der Waals surface area (Å²) < 4.78 is 0. The summed E-state index contributed by atoms with van der Waals surface area (Å²) in [7, 11) is 0. The zero-order chi connectivity index (χ0) is 21.0. The summed E-state index contributed by atoms with van der Waals surface area (Å²) in [5.74, 6) is 0.950. The van der Waals surface area contributed by atoms with E-state index >= 15 is 0 Å². The van der Waals surface area contributed by atoms with Crippen LogP contribution in [0.25, 0.3) is 10.9 Å². The van der Waals surface area contributed by atoms with Crippen molar-refractivity contribution in [2.75, 3.05) is 31.1 Å². The molecule has 2 saturated heterocycles. The average molecular weight is 416 g/mol. The molecule has 0 atom stereocenters. The highest BCUT2D eigenvalue weighted by Gasteiger charge is 2.22. The average Bonchev–Trinajstić information content (AvgIpc) is 3.35. The lowest BCUT2D eigenvalue weighted by atomic mass is 10.0. The Kier molecular flexibility index (Phi) is 5.80. The Labute approximate surface area is 183 Å². The van der Waals surface area contributed by atoms with Gasteiger partial charge in [0.1, 0.15) is 12.1 Å². The number of carbonyl (C=O) groups is 1. The van der Waals surface area contributed by atoms with Crippen molar-refractivity contribution >= 4 is 22.6 Å². The molecular formula is C25H29N5O. The number of anilines is 1. The number of amides is 1. The first-order valence-electron chi connectivity index (χ1n) is 11.3. The highest BCUT2D eigenvalue weighted by Crippen LogP contribution is 2.27. The summed E-state index contributed by atoms with van der Waals surface area (Å²) in [6.07, 6.45) is 5.96. The van der Waals surface area contributed by atoms with Crippen LogP contribution in [0.3, 0.4) is 0 Å². The van der Waals surface area contributed by atoms with Crippen LogP contribution in [0.5, 0.6) is 0 Å². The zero-order valence-electron chi connectivity index (χ0n) is 17.8. The Balaban J connectivity index is 1.23. The standard InChI is InChI=1S/C25H29N5O/c31-25(28-21-10-14-29(15-11-21)17-19-6-2-1-3-7-19)20-8-9-23-22(16-20)24(27-18-26-23)30-12-4-5-13-30/h1-3,6-9,16,18,21H,4-5,10-15,17H2,(H,28,31). The van der Waals surface area contributed by atoms with E-state index in [-0.39, 0.29) is 11.9 Å². The lowest BCUT2D eigenvalue weighted by Crippen LogP contribution is -2.44. The van der Waals surface area contributed by atoms with Crippen molar-refractivity contribution in [3.63, 3.8) is 0 Å². The maximum absolute atomic E-state index is 13.0. The van der Waals surface area contributed by atoms with Crippen LogP contribution >= 0.6 is 0 Å². The van der Waals surface area contributed by atoms with Gasteiger partial charge in [-0.15, -0.1) is 0 Å². The van der Waals surface area contributed by atoms with Crippen LogP contribution in [0.2, 0.25) is 0 Å². The fourth-order valence-electron chi connectivity index (χ4n) is 4.71. The van der Waals surface area contributed by atoms with Gasteiger partial charge in [-0.1, -0.05) is 30.3 Å². The van der Waals surface area contributed by atoms with Gasteiger partial charge in [0.05, 0.1) is 5.52 Å². The number of hydrogen-bond donors (Lipinski definition) is 1. The quantitative estimate of drug-likeness (QED) is 0.690. The third-order valence-corrected chi connectivity index (χ3v) is 6.45. The molecule has 0 unspecified atom stereocenters. The molecule has 1 amide bonds. The fourth-order valence-corrected chi connectivity index (χ4v) is 4.71. The van der Waals surface area contributed by atoms with E-state index in [9.17, 15) is 4.79 Å². The first-order valence-corrected chi connectivity index (χ1v) is 11.3. The minimum absolute atomic E-state index is 0.000339. The van der Waals surface area contributed by atoms with Crippen LogP contribution in [0.15, 0.2) is 54.9 Å². The van der Waals surface area contributed by atoms with E-state index in [0.29, 0.717) is 5.56 Å². The molecule has 6 nitrogen and oxygen atoms in total. The van der Waals surface area contributed by atoms with Gasteiger partial charge in [-0.3, -0.25) is 9.69 Å². The molecule has 3 aromatic rings. The Morgan fingerprint density at radius 1 is 0.968 bits per heavy atom. The predicted molar refractivity (Wildman–Crippen MR) is 123 cm³/mol. The monoisotopic (exact) mass is 415 g/mol. The molecule has 31 heavy (non-hydrogen) atoms. The third-order valence-electron chi connectivity index (χ3n) is 6.45. The number of hydrogen-bond acceptors (Lipinski definition) is 5. The van der Waals surface area contributed by atoms with E-state index in [1.54, 1.807) is 6.33 Å². The second-order valence-electron chi connectivity index (χ2n) is 8.63. The smallest absolute Gasteiger partial charge is 0.251 e. The predicted octanol–water partition coefficient (Wildman–Crippen LogP) is 3.62.